The average molecular weight is 274 g/mol. The molecule has 2 aromatic rings. The number of hydrogen-bond acceptors (Lipinski definition) is 2. The molecule has 0 radical (unpaired) electrons. The Morgan fingerprint density at radius 3 is 2.67 bits per heavy atom. The maximum atomic E-state index is 12.9. The summed E-state index contributed by atoms with van der Waals surface area (Å²) in [5, 5.41) is 8.15. The molecule has 0 fully saturated rings. The van der Waals surface area contributed by atoms with Gasteiger partial charge in [0.15, 0.2) is 11.6 Å². The summed E-state index contributed by atoms with van der Waals surface area (Å²) in [5.74, 6) is -1.78. The van der Waals surface area contributed by atoms with Crippen molar-refractivity contribution in [3.05, 3.63) is 41.7 Å². The molecule has 0 aliphatic heterocycles. The summed E-state index contributed by atoms with van der Waals surface area (Å²) in [6.07, 6.45) is 1.64. The van der Waals surface area contributed by atoms with Crippen LogP contribution in [0, 0.1) is 11.6 Å². The predicted molar refractivity (Wildman–Crippen MR) is 53.9 cm³/mol. The number of halogens is 3. The molecule has 0 atom stereocenters. The van der Waals surface area contributed by atoms with Gasteiger partial charge in [0.2, 0.25) is 0 Å². The van der Waals surface area contributed by atoms with Crippen molar-refractivity contribution in [1.29, 1.82) is 0 Å². The van der Waals surface area contributed by atoms with Crippen LogP contribution in [0.5, 0.6) is 0 Å². The molecule has 78 valence electrons. The van der Waals surface area contributed by atoms with Crippen molar-refractivity contribution in [2.24, 2.45) is 0 Å². The third-order valence-corrected chi connectivity index (χ3v) is 2.42. The lowest BCUT2D eigenvalue weighted by Crippen LogP contribution is -1.96. The smallest absolute Gasteiger partial charge is 0.160 e. The first-order chi connectivity index (χ1) is 7.20. The Kier molecular flexibility index (Phi) is 2.77. The zero-order chi connectivity index (χ0) is 10.8. The van der Waals surface area contributed by atoms with Crippen molar-refractivity contribution in [3.63, 3.8) is 0 Å². The predicted octanol–water partition coefficient (Wildman–Crippen LogP) is 2.44. The molecule has 1 aromatic heterocycles. The number of rotatable bonds is 2. The number of nitrogens with zero attached hydrogens (tertiary/aromatic N) is 3. The van der Waals surface area contributed by atoms with Gasteiger partial charge in [0.25, 0.3) is 0 Å². The number of hydrogen-bond donors (Lipinski definition) is 0. The van der Waals surface area contributed by atoms with Gasteiger partial charge in [-0.05, 0) is 12.1 Å². The van der Waals surface area contributed by atoms with Crippen molar-refractivity contribution in [1.82, 2.24) is 15.0 Å². The monoisotopic (exact) mass is 273 g/mol. The third kappa shape index (κ3) is 2.04. The normalized spacial score (nSPS) is 10.6. The molecule has 1 aromatic carbocycles. The van der Waals surface area contributed by atoms with E-state index in [9.17, 15) is 8.78 Å². The molecule has 0 saturated carbocycles. The fourth-order valence-electron chi connectivity index (χ4n) is 1.11. The molecule has 2 rings (SSSR count). The van der Waals surface area contributed by atoms with Gasteiger partial charge in [-0.3, -0.25) is 0 Å². The second-order valence-electron chi connectivity index (χ2n) is 2.89. The van der Waals surface area contributed by atoms with Gasteiger partial charge < -0.3 is 0 Å². The first kappa shape index (κ1) is 10.2. The molecule has 0 N–H and O–H groups in total. The minimum absolute atomic E-state index is 0.439. The summed E-state index contributed by atoms with van der Waals surface area (Å²) >= 11 is 3.22. The van der Waals surface area contributed by atoms with Gasteiger partial charge in [0.05, 0.1) is 17.6 Å². The summed E-state index contributed by atoms with van der Waals surface area (Å²) in [5.41, 5.74) is 1.16. The van der Waals surface area contributed by atoms with Crippen molar-refractivity contribution in [3.8, 4) is 5.69 Å². The molecule has 0 unspecified atom stereocenters. The number of aromatic nitrogens is 3. The second-order valence-corrected chi connectivity index (χ2v) is 3.45. The standard InChI is InChI=1S/C9H6BrF2N3/c10-4-6-5-15(14-13-6)7-1-2-8(11)9(12)3-7/h1-3,5H,4H2. The quantitative estimate of drug-likeness (QED) is 0.787. The molecule has 3 nitrogen and oxygen atoms in total. The zero-order valence-electron chi connectivity index (χ0n) is 7.49. The van der Waals surface area contributed by atoms with E-state index in [0.29, 0.717) is 11.0 Å². The highest BCUT2D eigenvalue weighted by atomic mass is 79.9. The Hall–Kier alpha value is -1.30. The molecule has 0 saturated heterocycles. The van der Waals surface area contributed by atoms with Crippen LogP contribution in [0.4, 0.5) is 8.78 Å². The van der Waals surface area contributed by atoms with E-state index in [1.807, 2.05) is 0 Å². The van der Waals surface area contributed by atoms with E-state index in [4.69, 9.17) is 0 Å². The van der Waals surface area contributed by atoms with Gasteiger partial charge in [-0.25, -0.2) is 13.5 Å². The SMILES string of the molecule is Fc1ccc(-n2cc(CBr)nn2)cc1F. The van der Waals surface area contributed by atoms with Crippen LogP contribution in [0.15, 0.2) is 24.4 Å². The summed E-state index contributed by atoms with van der Waals surface area (Å²) in [7, 11) is 0. The van der Waals surface area contributed by atoms with Gasteiger partial charge >= 0.3 is 0 Å². The molecule has 15 heavy (non-hydrogen) atoms. The molecule has 0 aliphatic rings. The van der Waals surface area contributed by atoms with Gasteiger partial charge in [-0.1, -0.05) is 21.1 Å². The van der Waals surface area contributed by atoms with Crippen LogP contribution in [-0.2, 0) is 5.33 Å². The molecular formula is C9H6BrF2N3. The van der Waals surface area contributed by atoms with Crippen LogP contribution < -0.4 is 0 Å². The molecule has 0 aliphatic carbocycles. The maximum absolute atomic E-state index is 12.9. The lowest BCUT2D eigenvalue weighted by Gasteiger charge is -1.99. The van der Waals surface area contributed by atoms with E-state index in [0.717, 1.165) is 17.8 Å². The molecule has 0 amide bonds. The van der Waals surface area contributed by atoms with E-state index >= 15 is 0 Å². The fourth-order valence-corrected chi connectivity index (χ4v) is 1.37. The van der Waals surface area contributed by atoms with Crippen LogP contribution in [0.25, 0.3) is 5.69 Å². The van der Waals surface area contributed by atoms with Crippen LogP contribution >= 0.6 is 15.9 Å². The molecule has 0 spiro atoms. The number of benzene rings is 1. The Balaban J connectivity index is 2.40. The summed E-state index contributed by atoms with van der Waals surface area (Å²) < 4.78 is 27.0. The Labute approximate surface area is 92.8 Å². The van der Waals surface area contributed by atoms with Gasteiger partial charge in [-0.15, -0.1) is 5.10 Å². The molecule has 1 heterocycles. The minimum atomic E-state index is -0.900. The summed E-state index contributed by atoms with van der Waals surface area (Å²) in [4.78, 5) is 0. The topological polar surface area (TPSA) is 30.7 Å². The largest absolute Gasteiger partial charge is 0.220 e. The summed E-state index contributed by atoms with van der Waals surface area (Å²) in [6.45, 7) is 0. The lowest BCUT2D eigenvalue weighted by molar-refractivity contribution is 0.507. The highest BCUT2D eigenvalue weighted by Gasteiger charge is 2.05. The fraction of sp³-hybridized carbons (Fsp3) is 0.111. The van der Waals surface area contributed by atoms with Crippen molar-refractivity contribution in [2.75, 3.05) is 0 Å². The van der Waals surface area contributed by atoms with Gasteiger partial charge in [0.1, 0.15) is 0 Å². The Bertz CT molecular complexity index is 484. The highest BCUT2D eigenvalue weighted by molar-refractivity contribution is 9.08. The van der Waals surface area contributed by atoms with E-state index in [1.54, 1.807) is 6.20 Å². The maximum Gasteiger partial charge on any atom is 0.160 e. The van der Waals surface area contributed by atoms with Gasteiger partial charge in [0, 0.05) is 11.4 Å². The molecular weight excluding hydrogens is 268 g/mol. The van der Waals surface area contributed by atoms with Crippen LogP contribution in [0.3, 0.4) is 0 Å². The Morgan fingerprint density at radius 2 is 2.07 bits per heavy atom. The second kappa shape index (κ2) is 4.06. The average Bonchev–Trinajstić information content (AvgIpc) is 2.70. The lowest BCUT2D eigenvalue weighted by atomic mass is 10.3. The van der Waals surface area contributed by atoms with Crippen molar-refractivity contribution < 1.29 is 8.78 Å². The van der Waals surface area contributed by atoms with E-state index < -0.39 is 11.6 Å². The van der Waals surface area contributed by atoms with Crippen molar-refractivity contribution in [2.45, 2.75) is 5.33 Å². The summed E-state index contributed by atoms with van der Waals surface area (Å²) in [6, 6.07) is 3.56. The Morgan fingerprint density at radius 1 is 1.27 bits per heavy atom. The van der Waals surface area contributed by atoms with Crippen molar-refractivity contribution >= 4 is 15.9 Å². The minimum Gasteiger partial charge on any atom is -0.220 e. The molecule has 6 heteroatoms. The van der Waals surface area contributed by atoms with Crippen LogP contribution in [0.1, 0.15) is 5.69 Å². The van der Waals surface area contributed by atoms with E-state index in [1.165, 1.54) is 10.7 Å². The highest BCUT2D eigenvalue weighted by Crippen LogP contribution is 2.12. The van der Waals surface area contributed by atoms with E-state index in [2.05, 4.69) is 26.2 Å². The van der Waals surface area contributed by atoms with Crippen LogP contribution in [0.2, 0.25) is 0 Å². The van der Waals surface area contributed by atoms with Gasteiger partial charge in [-0.2, -0.15) is 0 Å². The van der Waals surface area contributed by atoms with Crippen LogP contribution in [-0.4, -0.2) is 15.0 Å². The first-order valence-electron chi connectivity index (χ1n) is 4.13. The third-order valence-electron chi connectivity index (χ3n) is 1.85. The molecule has 0 bridgehead atoms. The zero-order valence-corrected chi connectivity index (χ0v) is 9.08. The first-order valence-corrected chi connectivity index (χ1v) is 5.25. The van der Waals surface area contributed by atoms with E-state index in [-0.39, 0.29) is 0 Å². The number of alkyl halides is 1.